The number of nitrogens with zero attached hydrogens (tertiary/aromatic N) is 3. The van der Waals surface area contributed by atoms with Crippen molar-refractivity contribution in [2.45, 2.75) is 51.7 Å². The normalized spacial score (nSPS) is 24.7. The Balaban J connectivity index is 1.52. The van der Waals surface area contributed by atoms with Crippen LogP contribution >= 0.6 is 0 Å². The molecule has 1 saturated carbocycles. The lowest BCUT2D eigenvalue weighted by atomic mass is 10.1. The van der Waals surface area contributed by atoms with Crippen LogP contribution in [0.3, 0.4) is 0 Å². The third-order valence-corrected chi connectivity index (χ3v) is 6.55. The molecule has 2 heterocycles. The van der Waals surface area contributed by atoms with Gasteiger partial charge in [0.1, 0.15) is 6.04 Å². The SMILES string of the molecule is CC(C)CN(Cc1ccccc1)C1CC(C(=O)N2CCNCC2)N(C(=O)C2CC2)C1. The summed E-state index contributed by atoms with van der Waals surface area (Å²) >= 11 is 0. The van der Waals surface area contributed by atoms with Gasteiger partial charge in [0.2, 0.25) is 11.8 Å². The van der Waals surface area contributed by atoms with Crippen LogP contribution in [0.25, 0.3) is 0 Å². The molecule has 2 amide bonds. The first-order chi connectivity index (χ1) is 14.5. The molecule has 6 nitrogen and oxygen atoms in total. The van der Waals surface area contributed by atoms with Gasteiger partial charge in [-0.25, -0.2) is 0 Å². The number of rotatable bonds is 7. The van der Waals surface area contributed by atoms with E-state index in [1.807, 2.05) is 15.9 Å². The molecular weight excluding hydrogens is 376 g/mol. The van der Waals surface area contributed by atoms with Crippen LogP contribution in [0.15, 0.2) is 30.3 Å². The molecule has 0 bridgehead atoms. The molecule has 2 aliphatic heterocycles. The number of benzene rings is 1. The molecule has 3 aliphatic rings. The lowest BCUT2D eigenvalue weighted by molar-refractivity contribution is -0.144. The fourth-order valence-corrected chi connectivity index (χ4v) is 4.85. The molecule has 1 aromatic rings. The molecule has 0 aromatic heterocycles. The van der Waals surface area contributed by atoms with Crippen LogP contribution < -0.4 is 5.32 Å². The van der Waals surface area contributed by atoms with Crippen LogP contribution in [0.1, 0.15) is 38.7 Å². The fraction of sp³-hybridized carbons (Fsp3) is 0.667. The smallest absolute Gasteiger partial charge is 0.245 e. The van der Waals surface area contributed by atoms with Gasteiger partial charge in [0.15, 0.2) is 0 Å². The quantitative estimate of drug-likeness (QED) is 0.744. The molecule has 164 valence electrons. The number of carbonyl (C=O) groups excluding carboxylic acids is 2. The van der Waals surface area contributed by atoms with Crippen molar-refractivity contribution < 1.29 is 9.59 Å². The molecule has 2 atom stereocenters. The third kappa shape index (κ3) is 5.03. The van der Waals surface area contributed by atoms with Crippen molar-refractivity contribution in [1.29, 1.82) is 0 Å². The molecule has 1 aromatic carbocycles. The highest BCUT2D eigenvalue weighted by Gasteiger charge is 2.46. The molecule has 1 N–H and O–H groups in total. The Morgan fingerprint density at radius 3 is 2.43 bits per heavy atom. The predicted molar refractivity (Wildman–Crippen MR) is 118 cm³/mol. The Bertz CT molecular complexity index is 728. The van der Waals surface area contributed by atoms with E-state index in [2.05, 4.69) is 48.3 Å². The Morgan fingerprint density at radius 1 is 1.10 bits per heavy atom. The van der Waals surface area contributed by atoms with E-state index in [0.717, 1.165) is 58.5 Å². The van der Waals surface area contributed by atoms with Crippen molar-refractivity contribution in [2.75, 3.05) is 39.3 Å². The Kier molecular flexibility index (Phi) is 6.74. The fourth-order valence-electron chi connectivity index (χ4n) is 4.85. The van der Waals surface area contributed by atoms with E-state index in [-0.39, 0.29) is 29.8 Å². The summed E-state index contributed by atoms with van der Waals surface area (Å²) in [6, 6.07) is 10.5. The number of hydrogen-bond acceptors (Lipinski definition) is 4. The van der Waals surface area contributed by atoms with Crippen LogP contribution in [0, 0.1) is 11.8 Å². The number of likely N-dealkylation sites (tertiary alicyclic amines) is 1. The second-order valence-corrected chi connectivity index (χ2v) is 9.55. The monoisotopic (exact) mass is 412 g/mol. The van der Waals surface area contributed by atoms with Gasteiger partial charge in [-0.05, 0) is 30.7 Å². The highest BCUT2D eigenvalue weighted by molar-refractivity contribution is 5.90. The topological polar surface area (TPSA) is 55.9 Å². The molecule has 1 aliphatic carbocycles. The molecule has 2 unspecified atom stereocenters. The summed E-state index contributed by atoms with van der Waals surface area (Å²) in [5, 5.41) is 3.32. The Labute approximate surface area is 180 Å². The summed E-state index contributed by atoms with van der Waals surface area (Å²) in [4.78, 5) is 32.9. The summed E-state index contributed by atoms with van der Waals surface area (Å²) < 4.78 is 0. The highest BCUT2D eigenvalue weighted by atomic mass is 16.2. The number of amides is 2. The average Bonchev–Trinajstić information content (AvgIpc) is 3.51. The van der Waals surface area contributed by atoms with Gasteiger partial charge in [0.05, 0.1) is 0 Å². The maximum atomic E-state index is 13.4. The van der Waals surface area contributed by atoms with E-state index >= 15 is 0 Å². The first-order valence-corrected chi connectivity index (χ1v) is 11.6. The lowest BCUT2D eigenvalue weighted by Gasteiger charge is -2.32. The van der Waals surface area contributed by atoms with Gasteiger partial charge >= 0.3 is 0 Å². The van der Waals surface area contributed by atoms with Gasteiger partial charge in [0, 0.05) is 57.8 Å². The number of carbonyl (C=O) groups is 2. The van der Waals surface area contributed by atoms with Gasteiger partial charge < -0.3 is 15.1 Å². The Morgan fingerprint density at radius 2 is 1.80 bits per heavy atom. The molecule has 6 heteroatoms. The molecule has 2 saturated heterocycles. The van der Waals surface area contributed by atoms with Crippen molar-refractivity contribution in [3.63, 3.8) is 0 Å². The van der Waals surface area contributed by atoms with Crippen molar-refractivity contribution in [1.82, 2.24) is 20.0 Å². The van der Waals surface area contributed by atoms with E-state index in [9.17, 15) is 9.59 Å². The highest BCUT2D eigenvalue weighted by Crippen LogP contribution is 2.35. The van der Waals surface area contributed by atoms with Gasteiger partial charge in [-0.2, -0.15) is 0 Å². The first kappa shape index (κ1) is 21.3. The van der Waals surface area contributed by atoms with Crippen molar-refractivity contribution in [3.8, 4) is 0 Å². The predicted octanol–water partition coefficient (Wildman–Crippen LogP) is 1.96. The minimum absolute atomic E-state index is 0.148. The second kappa shape index (κ2) is 9.48. The van der Waals surface area contributed by atoms with E-state index in [1.165, 1.54) is 5.56 Å². The zero-order chi connectivity index (χ0) is 21.1. The van der Waals surface area contributed by atoms with Crippen LogP contribution in [0.4, 0.5) is 0 Å². The lowest BCUT2D eigenvalue weighted by Crippen LogP contribution is -2.53. The van der Waals surface area contributed by atoms with Gasteiger partial charge in [-0.1, -0.05) is 44.2 Å². The van der Waals surface area contributed by atoms with E-state index in [0.29, 0.717) is 12.5 Å². The summed E-state index contributed by atoms with van der Waals surface area (Å²) in [6.07, 6.45) is 2.71. The van der Waals surface area contributed by atoms with Crippen molar-refractivity contribution in [2.24, 2.45) is 11.8 Å². The molecule has 3 fully saturated rings. The maximum absolute atomic E-state index is 13.4. The maximum Gasteiger partial charge on any atom is 0.245 e. The van der Waals surface area contributed by atoms with Crippen LogP contribution in [-0.4, -0.2) is 77.9 Å². The Hall–Kier alpha value is -1.92. The van der Waals surface area contributed by atoms with Gasteiger partial charge in [-0.15, -0.1) is 0 Å². The van der Waals surface area contributed by atoms with Crippen LogP contribution in [0.2, 0.25) is 0 Å². The molecular formula is C24H36N4O2. The largest absolute Gasteiger partial charge is 0.338 e. The minimum atomic E-state index is -0.299. The summed E-state index contributed by atoms with van der Waals surface area (Å²) in [5.74, 6) is 1.03. The first-order valence-electron chi connectivity index (χ1n) is 11.6. The average molecular weight is 413 g/mol. The van der Waals surface area contributed by atoms with Crippen LogP contribution in [-0.2, 0) is 16.1 Å². The second-order valence-electron chi connectivity index (χ2n) is 9.55. The summed E-state index contributed by atoms with van der Waals surface area (Å²) in [7, 11) is 0. The van der Waals surface area contributed by atoms with E-state index in [4.69, 9.17) is 0 Å². The van der Waals surface area contributed by atoms with Crippen molar-refractivity contribution >= 4 is 11.8 Å². The number of nitrogens with one attached hydrogen (secondary N) is 1. The van der Waals surface area contributed by atoms with E-state index in [1.54, 1.807) is 0 Å². The van der Waals surface area contributed by atoms with Gasteiger partial charge in [0.25, 0.3) is 0 Å². The zero-order valence-electron chi connectivity index (χ0n) is 18.4. The molecule has 4 rings (SSSR count). The minimum Gasteiger partial charge on any atom is -0.338 e. The summed E-state index contributed by atoms with van der Waals surface area (Å²) in [6.45, 7) is 10.2. The molecule has 0 spiro atoms. The molecule has 0 radical (unpaired) electrons. The summed E-state index contributed by atoms with van der Waals surface area (Å²) in [5.41, 5.74) is 1.29. The van der Waals surface area contributed by atoms with Gasteiger partial charge in [-0.3, -0.25) is 14.5 Å². The van der Waals surface area contributed by atoms with E-state index < -0.39 is 0 Å². The third-order valence-electron chi connectivity index (χ3n) is 6.55. The number of piperazine rings is 1. The van der Waals surface area contributed by atoms with Crippen molar-refractivity contribution in [3.05, 3.63) is 35.9 Å². The van der Waals surface area contributed by atoms with Crippen LogP contribution in [0.5, 0.6) is 0 Å². The standard InChI is InChI=1S/C24H36N4O2/c1-18(2)15-27(16-19-6-4-3-5-7-19)21-14-22(24(30)26-12-10-25-11-13-26)28(17-21)23(29)20-8-9-20/h3-7,18,20-22,25H,8-17H2,1-2H3. The number of hydrogen-bond donors (Lipinski definition) is 1. The zero-order valence-corrected chi connectivity index (χ0v) is 18.4. The molecule has 30 heavy (non-hydrogen) atoms.